The number of carbonyl (C=O) groups excluding carboxylic acids is 1. The van der Waals surface area contributed by atoms with Crippen LogP contribution in [0.25, 0.3) is 11.0 Å². The fraction of sp³-hybridized carbons (Fsp3) is 0.208. The summed E-state index contributed by atoms with van der Waals surface area (Å²) in [4.78, 5) is 21.6. The minimum Gasteiger partial charge on any atom is -0.324 e. The van der Waals surface area contributed by atoms with E-state index in [2.05, 4.69) is 15.3 Å². The van der Waals surface area contributed by atoms with Crippen LogP contribution < -0.4 is 5.32 Å². The highest BCUT2D eigenvalue weighted by molar-refractivity contribution is 7.98. The van der Waals surface area contributed by atoms with E-state index in [1.807, 2.05) is 31.2 Å². The van der Waals surface area contributed by atoms with Crippen LogP contribution >= 0.6 is 11.8 Å². The van der Waals surface area contributed by atoms with Crippen molar-refractivity contribution in [3.8, 4) is 0 Å². The van der Waals surface area contributed by atoms with Gasteiger partial charge in [0.25, 0.3) is 0 Å². The van der Waals surface area contributed by atoms with Crippen LogP contribution in [0.2, 0.25) is 0 Å². The van der Waals surface area contributed by atoms with E-state index in [0.29, 0.717) is 21.8 Å². The van der Waals surface area contributed by atoms with E-state index in [9.17, 15) is 18.0 Å². The topological polar surface area (TPSA) is 59.8 Å². The highest BCUT2D eigenvalue weighted by Gasteiger charge is 2.30. The molecule has 1 amide bonds. The molecule has 0 atom stereocenters. The molecular weight excluding hydrogens is 449 g/mol. The molecule has 0 spiro atoms. The summed E-state index contributed by atoms with van der Waals surface area (Å²) in [6, 6.07) is 14.6. The Kier molecular flexibility index (Phi) is 6.69. The lowest BCUT2D eigenvalue weighted by molar-refractivity contribution is -0.137. The Morgan fingerprint density at radius 2 is 1.94 bits per heavy atom. The summed E-state index contributed by atoms with van der Waals surface area (Å²) in [6.45, 7) is 2.02. The summed E-state index contributed by atoms with van der Waals surface area (Å²) >= 11 is 1.28. The predicted molar refractivity (Wildman–Crippen MR) is 123 cm³/mol. The molecule has 0 bridgehead atoms. The first-order valence-corrected chi connectivity index (χ1v) is 11.3. The highest BCUT2D eigenvalue weighted by Crippen LogP contribution is 2.32. The molecule has 4 aromatic rings. The number of hydrogen-bond donors (Lipinski definition) is 1. The van der Waals surface area contributed by atoms with Crippen molar-refractivity contribution in [3.05, 3.63) is 83.7 Å². The number of pyridine rings is 1. The van der Waals surface area contributed by atoms with Crippen molar-refractivity contribution in [1.82, 2.24) is 14.5 Å². The van der Waals surface area contributed by atoms with Crippen LogP contribution in [0, 0.1) is 0 Å². The van der Waals surface area contributed by atoms with Crippen molar-refractivity contribution in [2.45, 2.75) is 37.0 Å². The van der Waals surface area contributed by atoms with Gasteiger partial charge in [0.05, 0.1) is 22.8 Å². The lowest BCUT2D eigenvalue weighted by atomic mass is 10.1. The van der Waals surface area contributed by atoms with E-state index in [-0.39, 0.29) is 18.2 Å². The number of nitrogens with zero attached hydrogens (tertiary/aromatic N) is 3. The van der Waals surface area contributed by atoms with Gasteiger partial charge in [-0.25, -0.2) is 4.98 Å². The first-order valence-electron chi connectivity index (χ1n) is 10.3. The minimum absolute atomic E-state index is 0.00513. The van der Waals surface area contributed by atoms with Gasteiger partial charge in [0.15, 0.2) is 5.16 Å². The number of aryl methyl sites for hydroxylation is 1. The summed E-state index contributed by atoms with van der Waals surface area (Å²) in [6.07, 6.45) is -0.374. The normalized spacial score (nSPS) is 11.6. The zero-order valence-electron chi connectivity index (χ0n) is 17.8. The van der Waals surface area contributed by atoms with Gasteiger partial charge in [-0.05, 0) is 35.7 Å². The maximum absolute atomic E-state index is 13.0. The summed E-state index contributed by atoms with van der Waals surface area (Å²) < 4.78 is 40.9. The molecule has 170 valence electrons. The summed E-state index contributed by atoms with van der Waals surface area (Å²) in [5, 5.41) is 3.48. The molecule has 0 aliphatic rings. The van der Waals surface area contributed by atoms with Gasteiger partial charge < -0.3 is 9.88 Å². The average molecular weight is 471 g/mol. The third kappa shape index (κ3) is 5.36. The zero-order chi connectivity index (χ0) is 23.4. The lowest BCUT2D eigenvalue weighted by Crippen LogP contribution is -2.20. The SMILES string of the molecule is CCc1ccccc1NC(=O)Cn1c(SCc2cccc(C(F)(F)F)c2)nc2ccncc21. The number of thioether (sulfide) groups is 1. The molecule has 4 rings (SSSR count). The van der Waals surface area contributed by atoms with E-state index in [0.717, 1.165) is 29.8 Å². The molecule has 2 aromatic heterocycles. The second-order valence-electron chi connectivity index (χ2n) is 7.39. The Morgan fingerprint density at radius 1 is 1.12 bits per heavy atom. The van der Waals surface area contributed by atoms with Crippen LogP contribution in [0.15, 0.2) is 72.1 Å². The smallest absolute Gasteiger partial charge is 0.324 e. The molecular formula is C24H21F3N4OS. The van der Waals surface area contributed by atoms with Crippen LogP contribution in [0.4, 0.5) is 18.9 Å². The molecule has 0 saturated heterocycles. The number of alkyl halides is 3. The van der Waals surface area contributed by atoms with Gasteiger partial charge >= 0.3 is 6.18 Å². The molecule has 2 heterocycles. The number of nitrogens with one attached hydrogen (secondary N) is 1. The maximum atomic E-state index is 13.0. The van der Waals surface area contributed by atoms with Crippen molar-refractivity contribution < 1.29 is 18.0 Å². The van der Waals surface area contributed by atoms with Crippen LogP contribution in [0.3, 0.4) is 0 Å². The second-order valence-corrected chi connectivity index (χ2v) is 8.33. The number of benzene rings is 2. The van der Waals surface area contributed by atoms with Gasteiger partial charge in [0.1, 0.15) is 6.54 Å². The summed E-state index contributed by atoms with van der Waals surface area (Å²) in [7, 11) is 0. The van der Waals surface area contributed by atoms with Crippen LogP contribution in [-0.4, -0.2) is 20.4 Å². The predicted octanol–water partition coefficient (Wildman–Crippen LogP) is 5.94. The van der Waals surface area contributed by atoms with Crippen molar-refractivity contribution in [2.75, 3.05) is 5.32 Å². The number of hydrogen-bond acceptors (Lipinski definition) is 4. The quantitative estimate of drug-likeness (QED) is 0.340. The molecule has 9 heteroatoms. The number of imidazole rings is 1. The van der Waals surface area contributed by atoms with Gasteiger partial charge in [0.2, 0.25) is 5.91 Å². The van der Waals surface area contributed by atoms with Crippen molar-refractivity contribution >= 4 is 34.4 Å². The maximum Gasteiger partial charge on any atom is 0.416 e. The third-order valence-electron chi connectivity index (χ3n) is 5.11. The average Bonchev–Trinajstić information content (AvgIpc) is 3.15. The standard InChI is InChI=1S/C24H21F3N4OS/c1-2-17-7-3-4-9-19(17)29-22(32)14-31-21-13-28-11-10-20(21)30-23(31)33-15-16-6-5-8-18(12-16)24(25,26)27/h3-13H,2,14-15H2,1H3,(H,29,32). The van der Waals surface area contributed by atoms with Crippen LogP contribution in [0.5, 0.6) is 0 Å². The van der Waals surface area contributed by atoms with Crippen molar-refractivity contribution in [2.24, 2.45) is 0 Å². The molecule has 0 saturated carbocycles. The molecule has 0 aliphatic heterocycles. The number of aromatic nitrogens is 3. The Morgan fingerprint density at radius 3 is 2.73 bits per heavy atom. The van der Waals surface area contributed by atoms with Crippen LogP contribution in [0.1, 0.15) is 23.6 Å². The van der Waals surface area contributed by atoms with E-state index in [1.165, 1.54) is 17.8 Å². The van der Waals surface area contributed by atoms with E-state index in [4.69, 9.17) is 0 Å². The molecule has 0 radical (unpaired) electrons. The van der Waals surface area contributed by atoms with Crippen molar-refractivity contribution in [3.63, 3.8) is 0 Å². The van der Waals surface area contributed by atoms with Crippen molar-refractivity contribution in [1.29, 1.82) is 0 Å². The molecule has 0 aliphatic carbocycles. The molecule has 0 fully saturated rings. The second kappa shape index (κ2) is 9.66. The molecule has 5 nitrogen and oxygen atoms in total. The van der Waals surface area contributed by atoms with Gasteiger partial charge in [-0.15, -0.1) is 0 Å². The Bertz CT molecular complexity index is 1290. The van der Waals surface area contributed by atoms with Gasteiger partial charge in [-0.1, -0.05) is 55.1 Å². The highest BCUT2D eigenvalue weighted by atomic mass is 32.2. The lowest BCUT2D eigenvalue weighted by Gasteiger charge is -2.12. The number of anilines is 1. The summed E-state index contributed by atoms with van der Waals surface area (Å²) in [5.41, 5.74) is 2.97. The Balaban J connectivity index is 1.57. The molecule has 2 aromatic carbocycles. The monoisotopic (exact) mass is 470 g/mol. The largest absolute Gasteiger partial charge is 0.416 e. The number of halogens is 3. The first-order chi connectivity index (χ1) is 15.8. The Hall–Kier alpha value is -3.33. The molecule has 0 unspecified atom stereocenters. The van der Waals surface area contributed by atoms with Crippen LogP contribution in [-0.2, 0) is 29.7 Å². The fourth-order valence-electron chi connectivity index (χ4n) is 3.48. The zero-order valence-corrected chi connectivity index (χ0v) is 18.6. The van der Waals surface area contributed by atoms with E-state index in [1.54, 1.807) is 29.1 Å². The van der Waals surface area contributed by atoms with Gasteiger partial charge in [-0.2, -0.15) is 13.2 Å². The number of fused-ring (bicyclic) bond motifs is 1. The van der Waals surface area contributed by atoms with Gasteiger partial charge in [0, 0.05) is 17.6 Å². The third-order valence-corrected chi connectivity index (χ3v) is 6.16. The summed E-state index contributed by atoms with van der Waals surface area (Å²) in [5.74, 6) is 0.0565. The number of amides is 1. The van der Waals surface area contributed by atoms with Gasteiger partial charge in [-0.3, -0.25) is 9.78 Å². The van der Waals surface area contributed by atoms with E-state index >= 15 is 0 Å². The Labute approximate surface area is 193 Å². The number of carbonyl (C=O) groups is 1. The minimum atomic E-state index is -4.40. The number of para-hydroxylation sites is 1. The molecule has 1 N–H and O–H groups in total. The number of rotatable bonds is 7. The fourth-order valence-corrected chi connectivity index (χ4v) is 4.44. The first kappa shape index (κ1) is 22.8. The molecule has 33 heavy (non-hydrogen) atoms. The van der Waals surface area contributed by atoms with E-state index < -0.39 is 11.7 Å².